The lowest BCUT2D eigenvalue weighted by Crippen LogP contribution is -2.01. The fraction of sp³-hybridized carbons (Fsp3) is 0.500. The molecular weight excluding hydrogens is 325 g/mol. The van der Waals surface area contributed by atoms with E-state index in [4.69, 9.17) is 4.74 Å². The SMILES string of the molecule is CCOc1ccc(C(I)C2CC2(F)F)cc1. The number of alkyl halides is 3. The van der Waals surface area contributed by atoms with Crippen LogP contribution >= 0.6 is 22.6 Å². The Morgan fingerprint density at radius 1 is 1.44 bits per heavy atom. The standard InChI is InChI=1S/C12H13F2IO/c1-2-16-9-5-3-8(4-6-9)11(15)10-7-12(10,13)14/h3-6,10-11H,2,7H2,1H3. The summed E-state index contributed by atoms with van der Waals surface area (Å²) in [7, 11) is 0. The van der Waals surface area contributed by atoms with E-state index in [0.29, 0.717) is 6.61 Å². The van der Waals surface area contributed by atoms with Crippen LogP contribution in [-0.4, -0.2) is 12.5 Å². The van der Waals surface area contributed by atoms with Crippen LogP contribution in [0.4, 0.5) is 8.78 Å². The fourth-order valence-corrected chi connectivity index (χ4v) is 2.89. The predicted molar refractivity (Wildman–Crippen MR) is 67.4 cm³/mol. The second-order valence-corrected chi connectivity index (χ2v) is 5.32. The Bertz CT molecular complexity index is 364. The number of halogens is 3. The summed E-state index contributed by atoms with van der Waals surface area (Å²) in [6, 6.07) is 7.42. The quantitative estimate of drug-likeness (QED) is 0.590. The van der Waals surface area contributed by atoms with Crippen molar-refractivity contribution in [2.24, 2.45) is 5.92 Å². The van der Waals surface area contributed by atoms with E-state index in [1.807, 2.05) is 31.2 Å². The zero-order chi connectivity index (χ0) is 11.8. The Morgan fingerprint density at radius 2 is 2.00 bits per heavy atom. The Hall–Kier alpha value is -0.390. The average molecular weight is 338 g/mol. The molecule has 2 rings (SSSR count). The molecule has 1 saturated carbocycles. The molecule has 0 heterocycles. The van der Waals surface area contributed by atoms with Gasteiger partial charge in [-0.15, -0.1) is 0 Å². The summed E-state index contributed by atoms with van der Waals surface area (Å²) in [4.78, 5) is 0. The lowest BCUT2D eigenvalue weighted by molar-refractivity contribution is 0.0992. The molecule has 1 aromatic carbocycles. The Morgan fingerprint density at radius 3 is 2.44 bits per heavy atom. The van der Waals surface area contributed by atoms with Crippen molar-refractivity contribution in [1.29, 1.82) is 0 Å². The van der Waals surface area contributed by atoms with E-state index < -0.39 is 11.8 Å². The topological polar surface area (TPSA) is 9.23 Å². The molecule has 0 radical (unpaired) electrons. The van der Waals surface area contributed by atoms with Gasteiger partial charge in [-0.3, -0.25) is 0 Å². The van der Waals surface area contributed by atoms with Crippen molar-refractivity contribution in [3.8, 4) is 5.75 Å². The molecule has 1 aliphatic carbocycles. The maximum Gasteiger partial charge on any atom is 0.253 e. The highest BCUT2D eigenvalue weighted by Gasteiger charge is 2.59. The van der Waals surface area contributed by atoms with Gasteiger partial charge in [-0.25, -0.2) is 8.78 Å². The van der Waals surface area contributed by atoms with Gasteiger partial charge in [0.2, 0.25) is 0 Å². The van der Waals surface area contributed by atoms with Crippen LogP contribution in [0.3, 0.4) is 0 Å². The molecule has 0 N–H and O–H groups in total. The zero-order valence-corrected chi connectivity index (χ0v) is 11.1. The van der Waals surface area contributed by atoms with Crippen molar-refractivity contribution >= 4 is 22.6 Å². The number of hydrogen-bond donors (Lipinski definition) is 0. The van der Waals surface area contributed by atoms with Gasteiger partial charge in [0.15, 0.2) is 0 Å². The molecule has 0 bridgehead atoms. The summed E-state index contributed by atoms with van der Waals surface area (Å²) < 4.78 is 31.0. The summed E-state index contributed by atoms with van der Waals surface area (Å²) >= 11 is 2.10. The van der Waals surface area contributed by atoms with Gasteiger partial charge in [0, 0.05) is 16.3 Å². The molecule has 0 amide bonds. The second kappa shape index (κ2) is 4.47. The van der Waals surface area contributed by atoms with Crippen molar-refractivity contribution in [3.63, 3.8) is 0 Å². The summed E-state index contributed by atoms with van der Waals surface area (Å²) in [5, 5.41) is 0. The molecule has 0 saturated heterocycles. The average Bonchev–Trinajstić information content (AvgIpc) is 2.88. The second-order valence-electron chi connectivity index (χ2n) is 3.98. The first-order valence-electron chi connectivity index (χ1n) is 5.29. The number of benzene rings is 1. The highest BCUT2D eigenvalue weighted by molar-refractivity contribution is 14.1. The molecule has 2 atom stereocenters. The van der Waals surface area contributed by atoms with Crippen LogP contribution in [0.5, 0.6) is 5.75 Å². The number of rotatable bonds is 4. The normalized spacial score (nSPS) is 23.9. The summed E-state index contributed by atoms with van der Waals surface area (Å²) in [5.41, 5.74) is 0.950. The lowest BCUT2D eigenvalue weighted by atomic mass is 10.1. The maximum atomic E-state index is 12.9. The van der Waals surface area contributed by atoms with Crippen molar-refractivity contribution in [2.75, 3.05) is 6.61 Å². The van der Waals surface area contributed by atoms with Crippen LogP contribution in [-0.2, 0) is 0 Å². The minimum Gasteiger partial charge on any atom is -0.494 e. The molecule has 88 valence electrons. The van der Waals surface area contributed by atoms with E-state index in [1.54, 1.807) is 0 Å². The highest BCUT2D eigenvalue weighted by Crippen LogP contribution is 2.58. The molecule has 1 nitrogen and oxygen atoms in total. The van der Waals surface area contributed by atoms with Gasteiger partial charge in [0.1, 0.15) is 5.75 Å². The predicted octanol–water partition coefficient (Wildman–Crippen LogP) is 4.22. The molecule has 0 spiro atoms. The Balaban J connectivity index is 2.04. The minimum atomic E-state index is -2.45. The molecule has 0 aromatic heterocycles. The first kappa shape index (κ1) is 12.1. The van der Waals surface area contributed by atoms with E-state index in [1.165, 1.54) is 0 Å². The van der Waals surface area contributed by atoms with Gasteiger partial charge in [0.25, 0.3) is 5.92 Å². The van der Waals surface area contributed by atoms with Crippen LogP contribution < -0.4 is 4.74 Å². The van der Waals surface area contributed by atoms with E-state index in [-0.39, 0.29) is 10.3 Å². The lowest BCUT2D eigenvalue weighted by Gasteiger charge is -2.10. The smallest absolute Gasteiger partial charge is 0.253 e. The van der Waals surface area contributed by atoms with Crippen LogP contribution in [0.15, 0.2) is 24.3 Å². The van der Waals surface area contributed by atoms with E-state index in [2.05, 4.69) is 22.6 Å². The molecule has 1 aromatic rings. The van der Waals surface area contributed by atoms with Crippen molar-refractivity contribution < 1.29 is 13.5 Å². The zero-order valence-electron chi connectivity index (χ0n) is 8.92. The molecule has 2 unspecified atom stereocenters. The van der Waals surface area contributed by atoms with E-state index in [0.717, 1.165) is 11.3 Å². The fourth-order valence-electron chi connectivity index (χ4n) is 1.70. The maximum absolute atomic E-state index is 12.9. The minimum absolute atomic E-state index is 0.0216. The number of ether oxygens (including phenoxy) is 1. The first-order chi connectivity index (χ1) is 7.54. The molecular formula is C12H13F2IO. The van der Waals surface area contributed by atoms with Crippen molar-refractivity contribution in [2.45, 2.75) is 23.2 Å². The third kappa shape index (κ3) is 2.47. The van der Waals surface area contributed by atoms with Gasteiger partial charge in [-0.1, -0.05) is 34.7 Å². The summed E-state index contributed by atoms with van der Waals surface area (Å²) in [5.74, 6) is -2.16. The molecule has 16 heavy (non-hydrogen) atoms. The van der Waals surface area contributed by atoms with Crippen LogP contribution in [0, 0.1) is 5.92 Å². The van der Waals surface area contributed by atoms with Gasteiger partial charge in [0.05, 0.1) is 6.61 Å². The van der Waals surface area contributed by atoms with Gasteiger partial charge < -0.3 is 4.74 Å². The summed E-state index contributed by atoms with van der Waals surface area (Å²) in [6.07, 6.45) is 0.0216. The third-order valence-electron chi connectivity index (χ3n) is 2.74. The molecule has 1 fully saturated rings. The highest BCUT2D eigenvalue weighted by atomic mass is 127. The summed E-state index contributed by atoms with van der Waals surface area (Å²) in [6.45, 7) is 2.54. The Kier molecular flexibility index (Phi) is 3.37. The van der Waals surface area contributed by atoms with Gasteiger partial charge >= 0.3 is 0 Å². The van der Waals surface area contributed by atoms with Crippen molar-refractivity contribution in [3.05, 3.63) is 29.8 Å². The van der Waals surface area contributed by atoms with E-state index in [9.17, 15) is 8.78 Å². The molecule has 0 aliphatic heterocycles. The van der Waals surface area contributed by atoms with Gasteiger partial charge in [-0.05, 0) is 24.6 Å². The Labute approximate surface area is 107 Å². The van der Waals surface area contributed by atoms with E-state index >= 15 is 0 Å². The largest absolute Gasteiger partial charge is 0.494 e. The third-order valence-corrected chi connectivity index (χ3v) is 4.32. The van der Waals surface area contributed by atoms with Crippen LogP contribution in [0.25, 0.3) is 0 Å². The van der Waals surface area contributed by atoms with Crippen LogP contribution in [0.1, 0.15) is 22.8 Å². The first-order valence-corrected chi connectivity index (χ1v) is 6.54. The molecule has 1 aliphatic rings. The number of hydrogen-bond acceptors (Lipinski definition) is 1. The van der Waals surface area contributed by atoms with Gasteiger partial charge in [-0.2, -0.15) is 0 Å². The molecule has 4 heteroatoms. The monoisotopic (exact) mass is 338 g/mol. The van der Waals surface area contributed by atoms with Crippen LogP contribution in [0.2, 0.25) is 0 Å². The van der Waals surface area contributed by atoms with Crippen molar-refractivity contribution in [1.82, 2.24) is 0 Å².